The van der Waals surface area contributed by atoms with Crippen molar-refractivity contribution in [3.8, 4) is 0 Å². The molecule has 2 saturated carbocycles. The van der Waals surface area contributed by atoms with E-state index >= 15 is 0 Å². The molecule has 0 unspecified atom stereocenters. The second-order valence-electron chi connectivity index (χ2n) is 6.04. The molecule has 22 heavy (non-hydrogen) atoms. The smallest absolute Gasteiger partial charge is 0.256 e. The van der Waals surface area contributed by atoms with Gasteiger partial charge in [0.05, 0.1) is 15.2 Å². The first-order chi connectivity index (χ1) is 10.4. The topological polar surface area (TPSA) is 94.3 Å². The highest BCUT2D eigenvalue weighted by Gasteiger charge is 2.59. The Morgan fingerprint density at radius 3 is 2.14 bits per heavy atom. The van der Waals surface area contributed by atoms with Crippen molar-refractivity contribution in [3.63, 3.8) is 0 Å². The summed E-state index contributed by atoms with van der Waals surface area (Å²) in [6, 6.07) is 3.20. The van der Waals surface area contributed by atoms with Crippen molar-refractivity contribution in [3.05, 3.63) is 32.0 Å². The maximum Gasteiger partial charge on any atom is 0.256 e. The van der Waals surface area contributed by atoms with E-state index in [1.807, 2.05) is 0 Å². The van der Waals surface area contributed by atoms with Gasteiger partial charge < -0.3 is 0 Å². The minimum Gasteiger partial charge on any atom is -0.299 e. The monoisotopic (exact) mass is 321 g/mol. The Morgan fingerprint density at radius 1 is 1.09 bits per heavy atom. The second kappa shape index (κ2) is 5.08. The summed E-state index contributed by atoms with van der Waals surface area (Å²) in [6.45, 7) is 0. The fourth-order valence-corrected chi connectivity index (χ4v) is 4.74. The van der Waals surface area contributed by atoms with Crippen molar-refractivity contribution < 1.29 is 19.3 Å². The average molecular weight is 321 g/mol. The molecule has 3 rings (SSSR count). The summed E-state index contributed by atoms with van der Waals surface area (Å²) < 4.78 is 0. The molecule has 6 nitrogen and oxygen atoms in total. The summed E-state index contributed by atoms with van der Waals surface area (Å²) in [6.07, 6.45) is 2.00. The van der Waals surface area contributed by atoms with Crippen molar-refractivity contribution in [2.75, 3.05) is 0 Å². The third-order valence-electron chi connectivity index (χ3n) is 5.13. The van der Waals surface area contributed by atoms with Crippen molar-refractivity contribution >= 4 is 29.2 Å². The lowest BCUT2D eigenvalue weighted by Gasteiger charge is -2.37. The third-order valence-corrected chi connectivity index (χ3v) is 6.33. The highest BCUT2D eigenvalue weighted by atomic mass is 32.1. The summed E-state index contributed by atoms with van der Waals surface area (Å²) in [4.78, 5) is 47.4. The summed E-state index contributed by atoms with van der Waals surface area (Å²) in [5.74, 6) is -0.122. The van der Waals surface area contributed by atoms with Crippen LogP contribution in [0.25, 0.3) is 0 Å². The van der Waals surface area contributed by atoms with Gasteiger partial charge in [0.2, 0.25) is 0 Å². The number of thiophene rings is 1. The Morgan fingerprint density at radius 2 is 1.68 bits per heavy atom. The molecule has 0 bridgehead atoms. The summed E-state index contributed by atoms with van der Waals surface area (Å²) >= 11 is 1.12. The molecule has 1 aromatic rings. The van der Waals surface area contributed by atoms with Gasteiger partial charge in [0.25, 0.3) is 5.54 Å². The van der Waals surface area contributed by atoms with E-state index in [2.05, 4.69) is 0 Å². The van der Waals surface area contributed by atoms with Crippen LogP contribution in [0.15, 0.2) is 12.1 Å². The lowest BCUT2D eigenvalue weighted by Crippen LogP contribution is -2.46. The van der Waals surface area contributed by atoms with Gasteiger partial charge in [-0.25, -0.2) is 0 Å². The molecule has 1 spiro atoms. The largest absolute Gasteiger partial charge is 0.299 e. The van der Waals surface area contributed by atoms with Gasteiger partial charge in [-0.15, -0.1) is 11.3 Å². The molecule has 7 heteroatoms. The fourth-order valence-electron chi connectivity index (χ4n) is 3.69. The molecule has 0 atom stereocenters. The van der Waals surface area contributed by atoms with Crippen LogP contribution in [0.2, 0.25) is 0 Å². The van der Waals surface area contributed by atoms with Crippen molar-refractivity contribution in [2.24, 2.45) is 5.41 Å². The second-order valence-corrected chi connectivity index (χ2v) is 7.15. The van der Waals surface area contributed by atoms with Crippen LogP contribution in [0.5, 0.6) is 0 Å². The normalized spacial score (nSPS) is 22.9. The van der Waals surface area contributed by atoms with Crippen LogP contribution in [0, 0.1) is 15.5 Å². The number of aldehydes is 1. The Labute approximate surface area is 130 Å². The predicted octanol–water partition coefficient (Wildman–Crippen LogP) is 2.53. The zero-order valence-electron chi connectivity index (χ0n) is 11.9. The molecule has 2 aliphatic rings. The van der Waals surface area contributed by atoms with Crippen LogP contribution >= 0.6 is 11.3 Å². The Kier molecular flexibility index (Phi) is 3.47. The van der Waals surface area contributed by atoms with E-state index in [1.165, 1.54) is 0 Å². The minimum absolute atomic E-state index is 0.0609. The van der Waals surface area contributed by atoms with Crippen LogP contribution in [-0.2, 0) is 15.1 Å². The zero-order valence-corrected chi connectivity index (χ0v) is 12.7. The predicted molar refractivity (Wildman–Crippen MR) is 78.5 cm³/mol. The van der Waals surface area contributed by atoms with E-state index in [0.717, 1.165) is 11.3 Å². The van der Waals surface area contributed by atoms with Gasteiger partial charge in [0.1, 0.15) is 11.6 Å². The van der Waals surface area contributed by atoms with Gasteiger partial charge in [0.15, 0.2) is 6.29 Å². The molecular formula is C15H15NO5S. The van der Waals surface area contributed by atoms with Gasteiger partial charge in [-0.05, 0) is 25.0 Å². The first kappa shape index (κ1) is 15.0. The van der Waals surface area contributed by atoms with Gasteiger partial charge in [0, 0.05) is 30.6 Å². The molecule has 0 aliphatic heterocycles. The lowest BCUT2D eigenvalue weighted by molar-refractivity contribution is -0.584. The van der Waals surface area contributed by atoms with E-state index in [0.29, 0.717) is 16.0 Å². The number of ketones is 2. The van der Waals surface area contributed by atoms with Crippen LogP contribution in [0.4, 0.5) is 0 Å². The number of Topliss-reactive ketones (excluding diaryl/α,β-unsaturated/α-hetero) is 2. The Hall–Kier alpha value is -1.89. The molecule has 0 saturated heterocycles. The first-order valence-electron chi connectivity index (χ1n) is 7.21. The molecule has 0 N–H and O–H groups in total. The molecule has 0 aromatic carbocycles. The molecule has 116 valence electrons. The van der Waals surface area contributed by atoms with E-state index < -0.39 is 11.0 Å². The first-order valence-corrected chi connectivity index (χ1v) is 8.03. The fraction of sp³-hybridized carbons (Fsp3) is 0.533. The average Bonchev–Trinajstić information content (AvgIpc) is 3.10. The van der Waals surface area contributed by atoms with Crippen LogP contribution in [-0.4, -0.2) is 22.8 Å². The lowest BCUT2D eigenvalue weighted by atomic mass is 9.65. The Balaban J connectivity index is 1.93. The molecule has 0 amide bonds. The SMILES string of the molecule is O=Cc1ccc(C2([N+](=O)[O-])CCC3(CC2)C(=O)CCC3=O)s1. The minimum atomic E-state index is -1.28. The number of hydrogen-bond acceptors (Lipinski definition) is 6. The van der Waals surface area contributed by atoms with Crippen LogP contribution in [0.1, 0.15) is 53.1 Å². The number of rotatable bonds is 3. The molecule has 0 radical (unpaired) electrons. The van der Waals surface area contributed by atoms with Crippen molar-refractivity contribution in [1.29, 1.82) is 0 Å². The van der Waals surface area contributed by atoms with E-state index in [4.69, 9.17) is 0 Å². The molecule has 2 fully saturated rings. The highest BCUT2D eigenvalue weighted by molar-refractivity contribution is 7.13. The summed E-state index contributed by atoms with van der Waals surface area (Å²) in [5.41, 5.74) is -2.26. The molecular weight excluding hydrogens is 306 g/mol. The van der Waals surface area contributed by atoms with Gasteiger partial charge in [-0.2, -0.15) is 0 Å². The van der Waals surface area contributed by atoms with Crippen LogP contribution < -0.4 is 0 Å². The van der Waals surface area contributed by atoms with Gasteiger partial charge >= 0.3 is 0 Å². The molecule has 2 aliphatic carbocycles. The third kappa shape index (κ3) is 1.95. The van der Waals surface area contributed by atoms with Crippen LogP contribution in [0.3, 0.4) is 0 Å². The van der Waals surface area contributed by atoms with Gasteiger partial charge in [-0.3, -0.25) is 24.5 Å². The maximum atomic E-state index is 12.1. The van der Waals surface area contributed by atoms with E-state index in [-0.39, 0.29) is 55.0 Å². The number of carbonyl (C=O) groups excluding carboxylic acids is 3. The van der Waals surface area contributed by atoms with Gasteiger partial charge in [-0.1, -0.05) is 0 Å². The summed E-state index contributed by atoms with van der Waals surface area (Å²) in [7, 11) is 0. The van der Waals surface area contributed by atoms with E-state index in [1.54, 1.807) is 12.1 Å². The number of nitrogens with zero attached hydrogens (tertiary/aromatic N) is 1. The standard InChI is InChI=1S/C15H15NO5S/c17-9-10-1-4-13(22-10)15(16(20)21)7-5-14(6-8-15)11(18)2-3-12(14)19/h1,4,9H,2-3,5-8H2. The maximum absolute atomic E-state index is 12.1. The van der Waals surface area contributed by atoms with Crippen molar-refractivity contribution in [2.45, 2.75) is 44.1 Å². The quantitative estimate of drug-likeness (QED) is 0.369. The molecule has 1 aromatic heterocycles. The zero-order chi connectivity index (χ0) is 16.0. The number of hydrogen-bond donors (Lipinski definition) is 0. The van der Waals surface area contributed by atoms with E-state index in [9.17, 15) is 24.5 Å². The molecule has 1 heterocycles. The Bertz CT molecular complexity index is 651. The number of carbonyl (C=O) groups is 3. The highest BCUT2D eigenvalue weighted by Crippen LogP contribution is 2.52. The van der Waals surface area contributed by atoms with Crippen molar-refractivity contribution in [1.82, 2.24) is 0 Å². The number of nitro groups is 1. The summed E-state index contributed by atoms with van der Waals surface area (Å²) in [5, 5.41) is 11.7.